The molecule has 0 aromatic carbocycles. The van der Waals surface area contributed by atoms with Crippen LogP contribution < -0.4 is 0 Å². The fourth-order valence-electron chi connectivity index (χ4n) is 0.125. The first kappa shape index (κ1) is 5.21. The molecule has 0 spiro atoms. The van der Waals surface area contributed by atoms with E-state index in [9.17, 15) is 5.11 Å². The van der Waals surface area contributed by atoms with Gasteiger partial charge in [-0.2, -0.15) is 0 Å². The molecular weight excluding hydrogens is 78.0 g/mol. The van der Waals surface area contributed by atoms with Gasteiger partial charge in [0.2, 0.25) is 0 Å². The van der Waals surface area contributed by atoms with E-state index >= 15 is 0 Å². The summed E-state index contributed by atoms with van der Waals surface area (Å²) in [6.07, 6.45) is 0. The first-order valence-corrected chi connectivity index (χ1v) is 1.60. The summed E-state index contributed by atoms with van der Waals surface area (Å²) in [6, 6.07) is 0. The molecule has 6 heavy (non-hydrogen) atoms. The largest absolute Gasteiger partial charge is 0.612 e. The zero-order chi connectivity index (χ0) is 4.99. The molecule has 2 nitrogen and oxygen atoms in total. The van der Waals surface area contributed by atoms with Crippen LogP contribution >= 0.6 is 0 Å². The van der Waals surface area contributed by atoms with Gasteiger partial charge in [0.05, 0.1) is 5.88 Å². The van der Waals surface area contributed by atoms with Gasteiger partial charge in [-0.3, -0.25) is 0 Å². The van der Waals surface area contributed by atoms with Gasteiger partial charge in [0.25, 0.3) is 0 Å². The fourth-order valence-corrected chi connectivity index (χ4v) is 0.125. The number of hydrogen-bond donors (Lipinski definition) is 0. The quantitative estimate of drug-likeness (QED) is 0.354. The number of nitrogens with zero attached hydrogens (tertiary/aromatic N) is 1. The van der Waals surface area contributed by atoms with Crippen molar-refractivity contribution in [3.05, 3.63) is 24.7 Å². The van der Waals surface area contributed by atoms with Gasteiger partial charge in [-0.25, -0.2) is 0 Å². The normalized spacial score (nSPS) is 7.33. The van der Waals surface area contributed by atoms with Crippen molar-refractivity contribution in [3.63, 3.8) is 0 Å². The van der Waals surface area contributed by atoms with Gasteiger partial charge in [0.1, 0.15) is 0 Å². The van der Waals surface area contributed by atoms with Gasteiger partial charge in [-0.05, 0) is 0 Å². The first-order chi connectivity index (χ1) is 2.77. The van der Waals surface area contributed by atoms with Crippen molar-refractivity contribution >= 4 is 0 Å². The van der Waals surface area contributed by atoms with E-state index in [1.165, 1.54) is 0 Å². The molecule has 0 unspecified atom stereocenters. The second-order valence-electron chi connectivity index (χ2n) is 0.775. The van der Waals surface area contributed by atoms with Gasteiger partial charge in [0, 0.05) is 13.5 Å². The Hall–Kier alpha value is -0.790. The summed E-state index contributed by atoms with van der Waals surface area (Å²) in [7, 11) is 0. The standard InChI is InChI=1S/C4H6NO/c1-3-5-4(2)6/h1-3H2. The monoisotopic (exact) mass is 84.0 g/mol. The first-order valence-electron chi connectivity index (χ1n) is 1.60. The van der Waals surface area contributed by atoms with Crippen LogP contribution in [0.4, 0.5) is 0 Å². The number of hydrogen-bond acceptors (Lipinski definition) is 0. The molecule has 0 saturated heterocycles. The maximum absolute atomic E-state index is 9.73. The Morgan fingerprint density at radius 2 is 2.50 bits per heavy atom. The average Bonchev–Trinajstić information content (AvgIpc) is 1.35. The maximum atomic E-state index is 9.73. The molecule has 0 aliphatic heterocycles. The molecule has 0 N–H and O–H groups in total. The highest BCUT2D eigenvalue weighted by atomic mass is 16.3. The average molecular weight is 84.1 g/mol. The molecule has 0 bridgehead atoms. The van der Waals surface area contributed by atoms with Crippen LogP contribution in [0.15, 0.2) is 12.5 Å². The van der Waals surface area contributed by atoms with E-state index in [2.05, 4.69) is 18.8 Å². The van der Waals surface area contributed by atoms with Crippen LogP contribution in [0.1, 0.15) is 0 Å². The molecule has 1 radical (unpaired) electrons. The van der Waals surface area contributed by atoms with Crippen molar-refractivity contribution in [2.75, 3.05) is 6.54 Å². The van der Waals surface area contributed by atoms with Crippen LogP contribution in [0.2, 0.25) is 0 Å². The van der Waals surface area contributed by atoms with Gasteiger partial charge in [-0.1, -0.05) is 6.58 Å². The van der Waals surface area contributed by atoms with Crippen molar-refractivity contribution < 1.29 is 5.11 Å². The summed E-state index contributed by atoms with van der Waals surface area (Å²) in [6.45, 7) is 6.57. The molecule has 0 heterocycles. The summed E-state index contributed by atoms with van der Waals surface area (Å²) in [5, 5.41) is 13.0. The highest BCUT2D eigenvalue weighted by Crippen LogP contribution is 1.93. The van der Waals surface area contributed by atoms with Crippen LogP contribution in [0.3, 0.4) is 0 Å². The van der Waals surface area contributed by atoms with Gasteiger partial charge in [0.15, 0.2) is 0 Å². The Kier molecular flexibility index (Phi) is 2.13. The molecule has 0 atom stereocenters. The molecule has 0 aliphatic carbocycles. The molecule has 0 aliphatic rings. The fraction of sp³-hybridized carbons (Fsp3) is 0.250. The molecule has 2 heteroatoms. The van der Waals surface area contributed by atoms with E-state index < -0.39 is 5.88 Å². The smallest absolute Gasteiger partial charge is 0.0702 e. The zero-order valence-electron chi connectivity index (χ0n) is 3.48. The summed E-state index contributed by atoms with van der Waals surface area (Å²) in [5.74, 6) is -0.398. The van der Waals surface area contributed by atoms with E-state index in [0.29, 0.717) is 6.54 Å². The van der Waals surface area contributed by atoms with Crippen molar-refractivity contribution in [2.45, 2.75) is 0 Å². The maximum Gasteiger partial charge on any atom is 0.0702 e. The summed E-state index contributed by atoms with van der Waals surface area (Å²) in [5.41, 5.74) is 0. The third-order valence-corrected chi connectivity index (χ3v) is 0.288. The predicted octanol–water partition coefficient (Wildman–Crippen LogP) is 1.10. The van der Waals surface area contributed by atoms with Crippen molar-refractivity contribution in [1.29, 1.82) is 0 Å². The van der Waals surface area contributed by atoms with E-state index in [4.69, 9.17) is 0 Å². The van der Waals surface area contributed by atoms with Crippen molar-refractivity contribution in [2.24, 2.45) is 0 Å². The summed E-state index contributed by atoms with van der Waals surface area (Å²) >= 11 is 0. The lowest BCUT2D eigenvalue weighted by Crippen LogP contribution is -1.73. The van der Waals surface area contributed by atoms with Crippen LogP contribution in [0, 0.1) is 6.92 Å². The minimum absolute atomic E-state index is 0.294. The Balaban J connectivity index is 2.83. The predicted molar refractivity (Wildman–Crippen MR) is 23.4 cm³/mol. The molecule has 0 rings (SSSR count). The van der Waals surface area contributed by atoms with Crippen LogP contribution in [0.5, 0.6) is 0 Å². The Labute approximate surface area is 37.5 Å². The molecule has 33 valence electrons. The Morgan fingerprint density at radius 1 is 2.00 bits per heavy atom. The third-order valence-electron chi connectivity index (χ3n) is 0.288. The van der Waals surface area contributed by atoms with Crippen LogP contribution in [-0.4, -0.2) is 6.54 Å². The van der Waals surface area contributed by atoms with Gasteiger partial charge < -0.3 is 10.4 Å². The van der Waals surface area contributed by atoms with Gasteiger partial charge in [-0.15, -0.1) is 0 Å². The SMILES string of the molecule is C=C([O])[N-]C[CH2+]. The van der Waals surface area contributed by atoms with E-state index in [-0.39, 0.29) is 0 Å². The third kappa shape index (κ3) is 3.21. The molecule has 0 aromatic rings. The summed E-state index contributed by atoms with van der Waals surface area (Å²) < 4.78 is 0. The van der Waals surface area contributed by atoms with Crippen LogP contribution in [0.25, 0.3) is 5.32 Å². The molecular formula is C4H6NO. The van der Waals surface area contributed by atoms with E-state index in [0.717, 1.165) is 0 Å². The minimum atomic E-state index is -0.398. The minimum Gasteiger partial charge on any atom is -0.612 e. The molecule has 0 aromatic heterocycles. The Morgan fingerprint density at radius 3 is 2.50 bits per heavy atom. The van der Waals surface area contributed by atoms with Crippen LogP contribution in [-0.2, 0) is 5.11 Å². The zero-order valence-corrected chi connectivity index (χ0v) is 3.48. The second-order valence-corrected chi connectivity index (χ2v) is 0.775. The van der Waals surface area contributed by atoms with Gasteiger partial charge >= 0.3 is 0 Å². The van der Waals surface area contributed by atoms with Crippen molar-refractivity contribution in [3.8, 4) is 0 Å². The second kappa shape index (κ2) is 2.45. The lowest BCUT2D eigenvalue weighted by Gasteiger charge is -2.03. The number of rotatable bonds is 2. The highest BCUT2D eigenvalue weighted by molar-refractivity contribution is 5.02. The van der Waals surface area contributed by atoms with E-state index in [1.807, 2.05) is 0 Å². The summed E-state index contributed by atoms with van der Waals surface area (Å²) in [4.78, 5) is 0. The highest BCUT2D eigenvalue weighted by Gasteiger charge is 1.66. The molecule has 0 saturated carbocycles. The lowest BCUT2D eigenvalue weighted by atomic mass is 10.7. The topological polar surface area (TPSA) is 34.0 Å². The molecule has 0 amide bonds. The Bertz CT molecular complexity index is 51.5. The van der Waals surface area contributed by atoms with Crippen molar-refractivity contribution in [1.82, 2.24) is 0 Å². The van der Waals surface area contributed by atoms with E-state index in [1.54, 1.807) is 0 Å². The lowest BCUT2D eigenvalue weighted by molar-refractivity contribution is 0.311. The molecule has 0 fully saturated rings.